The lowest BCUT2D eigenvalue weighted by atomic mass is 9.86. The van der Waals surface area contributed by atoms with Gasteiger partial charge in [0, 0.05) is 4.43 Å². The third kappa shape index (κ3) is 3.14. The monoisotopic (exact) mass is 350 g/mol. The van der Waals surface area contributed by atoms with Crippen LogP contribution in [0, 0.1) is 0 Å². The van der Waals surface area contributed by atoms with Gasteiger partial charge in [0.1, 0.15) is 0 Å². The van der Waals surface area contributed by atoms with Crippen LogP contribution in [0.4, 0.5) is 0 Å². The van der Waals surface area contributed by atoms with Gasteiger partial charge in [-0.1, -0.05) is 91.9 Å². The van der Waals surface area contributed by atoms with E-state index >= 15 is 0 Å². The predicted octanol–water partition coefficient (Wildman–Crippen LogP) is 5.59. The fraction of sp³-hybridized carbons (Fsp3) is 0.294. The molecule has 1 heteroatoms. The Morgan fingerprint density at radius 2 is 1.22 bits per heavy atom. The summed E-state index contributed by atoms with van der Waals surface area (Å²) in [5.74, 6) is 0. The molecule has 2 aromatic carbocycles. The van der Waals surface area contributed by atoms with E-state index in [1.807, 2.05) is 0 Å². The van der Waals surface area contributed by atoms with E-state index in [9.17, 15) is 0 Å². The molecule has 0 saturated carbocycles. The van der Waals surface area contributed by atoms with Crippen LogP contribution in [0.2, 0.25) is 0 Å². The number of benzene rings is 2. The molecule has 0 atom stereocenters. The third-order valence-electron chi connectivity index (χ3n) is 3.19. The molecule has 0 amide bonds. The lowest BCUT2D eigenvalue weighted by Crippen LogP contribution is -2.10. The van der Waals surface area contributed by atoms with Crippen molar-refractivity contribution in [2.75, 3.05) is 0 Å². The van der Waals surface area contributed by atoms with Crippen LogP contribution in [0.5, 0.6) is 0 Å². The van der Waals surface area contributed by atoms with Crippen molar-refractivity contribution < 1.29 is 0 Å². The Morgan fingerprint density at radius 3 is 1.61 bits per heavy atom. The molecule has 0 nitrogen and oxygen atoms in total. The zero-order valence-corrected chi connectivity index (χ0v) is 13.4. The molecule has 2 aromatic rings. The van der Waals surface area contributed by atoms with Gasteiger partial charge in [0.15, 0.2) is 0 Å². The van der Waals surface area contributed by atoms with Crippen LogP contribution < -0.4 is 0 Å². The second kappa shape index (κ2) is 5.43. The summed E-state index contributed by atoms with van der Waals surface area (Å²) in [5.41, 5.74) is 5.58. The zero-order chi connectivity index (χ0) is 13.2. The maximum absolute atomic E-state index is 2.39. The van der Waals surface area contributed by atoms with Gasteiger partial charge in [-0.15, -0.1) is 0 Å². The average Bonchev–Trinajstić information content (AvgIpc) is 2.38. The first-order chi connectivity index (χ1) is 8.50. The highest BCUT2D eigenvalue weighted by atomic mass is 127. The first-order valence-corrected chi connectivity index (χ1v) is 7.79. The SMILES string of the molecule is CC(C)(C)c1ccc(-c2ccc(CI)cc2)cc1. The van der Waals surface area contributed by atoms with Crippen molar-refractivity contribution in [1.82, 2.24) is 0 Å². The fourth-order valence-corrected chi connectivity index (χ4v) is 2.46. The molecule has 0 fully saturated rings. The summed E-state index contributed by atoms with van der Waals surface area (Å²) >= 11 is 2.39. The number of halogens is 1. The van der Waals surface area contributed by atoms with Crippen LogP contribution in [0.1, 0.15) is 31.9 Å². The van der Waals surface area contributed by atoms with Crippen molar-refractivity contribution in [2.24, 2.45) is 0 Å². The van der Waals surface area contributed by atoms with E-state index in [4.69, 9.17) is 0 Å². The average molecular weight is 350 g/mol. The lowest BCUT2D eigenvalue weighted by molar-refractivity contribution is 0.590. The molecular weight excluding hydrogens is 331 g/mol. The van der Waals surface area contributed by atoms with Crippen LogP contribution in [0.15, 0.2) is 48.5 Å². The van der Waals surface area contributed by atoms with Gasteiger partial charge in [-0.3, -0.25) is 0 Å². The Morgan fingerprint density at radius 1 is 0.778 bits per heavy atom. The molecular formula is C17H19I. The molecule has 0 bridgehead atoms. The first kappa shape index (κ1) is 13.6. The van der Waals surface area contributed by atoms with Gasteiger partial charge in [-0.25, -0.2) is 0 Å². The second-order valence-electron chi connectivity index (χ2n) is 5.66. The van der Waals surface area contributed by atoms with Gasteiger partial charge in [0.05, 0.1) is 0 Å². The van der Waals surface area contributed by atoms with Gasteiger partial charge >= 0.3 is 0 Å². The minimum atomic E-state index is 0.226. The second-order valence-corrected chi connectivity index (χ2v) is 6.42. The smallest absolute Gasteiger partial charge is 0.0247 e. The molecule has 0 aliphatic heterocycles. The highest BCUT2D eigenvalue weighted by Crippen LogP contribution is 2.26. The molecule has 94 valence electrons. The van der Waals surface area contributed by atoms with Crippen LogP contribution >= 0.6 is 22.6 Å². The van der Waals surface area contributed by atoms with E-state index in [-0.39, 0.29) is 5.41 Å². The fourth-order valence-electron chi connectivity index (χ4n) is 1.95. The standard InChI is InChI=1S/C17H19I/c1-17(2,3)16-10-8-15(9-11-16)14-6-4-13(12-18)5-7-14/h4-11H,12H2,1-3H3. The molecule has 0 aliphatic carbocycles. The number of alkyl halides is 1. The molecule has 0 heterocycles. The Hall–Kier alpha value is -0.830. The Kier molecular flexibility index (Phi) is 4.10. The van der Waals surface area contributed by atoms with E-state index in [0.717, 1.165) is 4.43 Å². The Labute approximate surface area is 124 Å². The summed E-state index contributed by atoms with van der Waals surface area (Å²) in [6.07, 6.45) is 0. The van der Waals surface area contributed by atoms with Crippen LogP contribution in [0.25, 0.3) is 11.1 Å². The topological polar surface area (TPSA) is 0 Å². The molecule has 2 rings (SSSR count). The van der Waals surface area contributed by atoms with Crippen molar-refractivity contribution in [2.45, 2.75) is 30.6 Å². The predicted molar refractivity (Wildman–Crippen MR) is 88.3 cm³/mol. The summed E-state index contributed by atoms with van der Waals surface area (Å²) in [6.45, 7) is 6.74. The van der Waals surface area contributed by atoms with Crippen LogP contribution in [-0.2, 0) is 9.84 Å². The molecule has 0 spiro atoms. The maximum Gasteiger partial charge on any atom is 0.0247 e. The quantitative estimate of drug-likeness (QED) is 0.490. The third-order valence-corrected chi connectivity index (χ3v) is 4.07. The van der Waals surface area contributed by atoms with Gasteiger partial charge in [-0.05, 0) is 27.7 Å². The molecule has 0 saturated heterocycles. The number of rotatable bonds is 2. The van der Waals surface area contributed by atoms with E-state index in [2.05, 4.69) is 91.9 Å². The highest BCUT2D eigenvalue weighted by Gasteiger charge is 2.12. The van der Waals surface area contributed by atoms with Crippen LogP contribution in [0.3, 0.4) is 0 Å². The molecule has 0 aliphatic rings. The first-order valence-electron chi connectivity index (χ1n) is 6.26. The zero-order valence-electron chi connectivity index (χ0n) is 11.2. The lowest BCUT2D eigenvalue weighted by Gasteiger charge is -2.19. The number of hydrogen-bond donors (Lipinski definition) is 0. The molecule has 0 N–H and O–H groups in total. The van der Waals surface area contributed by atoms with E-state index < -0.39 is 0 Å². The summed E-state index contributed by atoms with van der Waals surface area (Å²) in [4.78, 5) is 0. The van der Waals surface area contributed by atoms with Crippen molar-refractivity contribution in [3.8, 4) is 11.1 Å². The molecule has 0 aromatic heterocycles. The molecule has 18 heavy (non-hydrogen) atoms. The van der Waals surface area contributed by atoms with Gasteiger partial charge in [0.2, 0.25) is 0 Å². The van der Waals surface area contributed by atoms with E-state index in [0.29, 0.717) is 0 Å². The van der Waals surface area contributed by atoms with Gasteiger partial charge < -0.3 is 0 Å². The molecule has 0 radical (unpaired) electrons. The van der Waals surface area contributed by atoms with E-state index in [1.165, 1.54) is 22.3 Å². The van der Waals surface area contributed by atoms with E-state index in [1.54, 1.807) is 0 Å². The summed E-state index contributed by atoms with van der Waals surface area (Å²) < 4.78 is 1.07. The minimum absolute atomic E-state index is 0.226. The Bertz CT molecular complexity index is 501. The van der Waals surface area contributed by atoms with Crippen molar-refractivity contribution in [1.29, 1.82) is 0 Å². The van der Waals surface area contributed by atoms with Crippen molar-refractivity contribution in [3.63, 3.8) is 0 Å². The van der Waals surface area contributed by atoms with Crippen molar-refractivity contribution >= 4 is 22.6 Å². The molecule has 0 unspecified atom stereocenters. The van der Waals surface area contributed by atoms with Crippen molar-refractivity contribution in [3.05, 3.63) is 59.7 Å². The number of hydrogen-bond acceptors (Lipinski definition) is 0. The van der Waals surface area contributed by atoms with Crippen LogP contribution in [-0.4, -0.2) is 0 Å². The normalized spacial score (nSPS) is 11.6. The maximum atomic E-state index is 2.39. The Balaban J connectivity index is 2.28. The minimum Gasteiger partial charge on any atom is -0.0812 e. The summed E-state index contributed by atoms with van der Waals surface area (Å²) in [6, 6.07) is 17.8. The summed E-state index contributed by atoms with van der Waals surface area (Å²) in [7, 11) is 0. The summed E-state index contributed by atoms with van der Waals surface area (Å²) in [5, 5.41) is 0. The van der Waals surface area contributed by atoms with Gasteiger partial charge in [-0.2, -0.15) is 0 Å². The highest BCUT2D eigenvalue weighted by molar-refractivity contribution is 14.1. The van der Waals surface area contributed by atoms with Gasteiger partial charge in [0.25, 0.3) is 0 Å². The largest absolute Gasteiger partial charge is 0.0812 e.